The predicted molar refractivity (Wildman–Crippen MR) is 66.1 cm³/mol. The van der Waals surface area contributed by atoms with E-state index in [1.165, 1.54) is 6.92 Å². The molecule has 7 heteroatoms. The maximum Gasteiger partial charge on any atom is 0.218 e. The lowest BCUT2D eigenvalue weighted by Gasteiger charge is -2.07. The van der Waals surface area contributed by atoms with Crippen molar-refractivity contribution >= 4 is 53.7 Å². The molecular weight excluding hydrogens is 394 g/mol. The maximum atomic E-state index is 10.8. The smallest absolute Gasteiger partial charge is 0.218 e. The number of nitrogens with one attached hydrogen (secondary N) is 1. The molecule has 1 heterocycles. The minimum absolute atomic E-state index is 0.128. The van der Waals surface area contributed by atoms with E-state index in [-0.39, 0.29) is 5.91 Å². The summed E-state index contributed by atoms with van der Waals surface area (Å²) < 4.78 is 3.73. The molecule has 0 aliphatic heterocycles. The van der Waals surface area contributed by atoms with Gasteiger partial charge in [0.2, 0.25) is 5.91 Å². The summed E-state index contributed by atoms with van der Waals surface area (Å²) in [6, 6.07) is 2.06. The van der Waals surface area contributed by atoms with E-state index in [1.54, 1.807) is 4.57 Å². The summed E-state index contributed by atoms with van der Waals surface area (Å²) in [5.74, 6) is -0.128. The number of carbonyl (C=O) groups is 1. The van der Waals surface area contributed by atoms with E-state index in [1.807, 2.05) is 0 Å². The van der Waals surface area contributed by atoms with E-state index in [4.69, 9.17) is 5.26 Å². The zero-order valence-corrected chi connectivity index (χ0v) is 12.4. The van der Waals surface area contributed by atoms with Crippen molar-refractivity contribution in [1.82, 2.24) is 9.88 Å². The Labute approximate surface area is 112 Å². The van der Waals surface area contributed by atoms with E-state index in [2.05, 4.69) is 59.2 Å². The van der Waals surface area contributed by atoms with Gasteiger partial charge in [-0.15, -0.1) is 0 Å². The van der Waals surface area contributed by atoms with Gasteiger partial charge in [-0.3, -0.25) is 4.79 Å². The Bertz CT molecular complexity index is 447. The van der Waals surface area contributed by atoms with E-state index < -0.39 is 0 Å². The average Bonchev–Trinajstić information content (AvgIpc) is 2.36. The highest BCUT2D eigenvalue weighted by atomic mass is 79.9. The van der Waals surface area contributed by atoms with Crippen LogP contribution in [0.15, 0.2) is 13.7 Å². The lowest BCUT2D eigenvalue weighted by Crippen LogP contribution is -2.23. The van der Waals surface area contributed by atoms with Crippen molar-refractivity contribution in [3.63, 3.8) is 0 Å². The molecule has 0 saturated carbocycles. The van der Waals surface area contributed by atoms with Gasteiger partial charge >= 0.3 is 0 Å². The molecule has 4 nitrogen and oxygen atoms in total. The molecule has 1 rings (SSSR count). The summed E-state index contributed by atoms with van der Waals surface area (Å²) in [4.78, 5) is 10.8. The SMILES string of the molecule is CC(=O)NCn1c(Br)c(Br)c(C#N)c1Br. The van der Waals surface area contributed by atoms with Gasteiger partial charge in [0, 0.05) is 6.92 Å². The molecule has 0 aliphatic carbocycles. The van der Waals surface area contributed by atoms with Gasteiger partial charge in [-0.1, -0.05) is 0 Å². The summed E-state index contributed by atoms with van der Waals surface area (Å²) in [7, 11) is 0. The number of hydrogen-bond donors (Lipinski definition) is 1. The summed E-state index contributed by atoms with van der Waals surface area (Å²) >= 11 is 9.90. The van der Waals surface area contributed by atoms with Crippen LogP contribution in [0.5, 0.6) is 0 Å². The summed E-state index contributed by atoms with van der Waals surface area (Å²) in [5, 5.41) is 11.5. The molecule has 1 aromatic rings. The van der Waals surface area contributed by atoms with Crippen molar-refractivity contribution in [1.29, 1.82) is 5.26 Å². The van der Waals surface area contributed by atoms with Crippen LogP contribution in [0.4, 0.5) is 0 Å². The van der Waals surface area contributed by atoms with E-state index in [0.717, 1.165) is 0 Å². The van der Waals surface area contributed by atoms with Gasteiger partial charge < -0.3 is 9.88 Å². The van der Waals surface area contributed by atoms with Crippen LogP contribution in [0, 0.1) is 11.3 Å². The van der Waals surface area contributed by atoms with Gasteiger partial charge in [0.15, 0.2) is 0 Å². The Hall–Kier alpha value is -0.320. The molecule has 0 aliphatic rings. The first-order valence-corrected chi connectivity index (χ1v) is 6.24. The lowest BCUT2D eigenvalue weighted by molar-refractivity contribution is -0.119. The van der Waals surface area contributed by atoms with Crippen molar-refractivity contribution < 1.29 is 4.79 Å². The van der Waals surface area contributed by atoms with Gasteiger partial charge in [0.25, 0.3) is 0 Å². The molecule has 0 unspecified atom stereocenters. The Morgan fingerprint density at radius 1 is 1.47 bits per heavy atom. The Balaban J connectivity index is 3.09. The lowest BCUT2D eigenvalue weighted by atomic mass is 10.4. The van der Waals surface area contributed by atoms with Gasteiger partial charge in [0.05, 0.1) is 16.7 Å². The zero-order chi connectivity index (χ0) is 11.6. The third kappa shape index (κ3) is 2.62. The van der Waals surface area contributed by atoms with Crippen molar-refractivity contribution in [2.24, 2.45) is 0 Å². The van der Waals surface area contributed by atoms with Crippen molar-refractivity contribution in [3.05, 3.63) is 19.2 Å². The highest BCUT2D eigenvalue weighted by Crippen LogP contribution is 2.34. The van der Waals surface area contributed by atoms with Crippen LogP contribution in [0.2, 0.25) is 0 Å². The second-order valence-electron chi connectivity index (χ2n) is 2.70. The molecule has 0 fully saturated rings. The molecule has 1 amide bonds. The summed E-state index contributed by atoms with van der Waals surface area (Å²) in [6.45, 7) is 1.74. The highest BCUT2D eigenvalue weighted by Gasteiger charge is 2.17. The normalized spacial score (nSPS) is 9.80. The molecular formula is C8H6Br3N3O. The molecule has 15 heavy (non-hydrogen) atoms. The molecule has 0 atom stereocenters. The maximum absolute atomic E-state index is 10.8. The van der Waals surface area contributed by atoms with E-state index in [0.29, 0.717) is 25.9 Å². The van der Waals surface area contributed by atoms with Crippen LogP contribution in [0.25, 0.3) is 0 Å². The largest absolute Gasteiger partial charge is 0.338 e. The standard InChI is InChI=1S/C8H6Br3N3O/c1-4(15)13-3-14-7(10)5(2-12)6(9)8(14)11/h3H2,1H3,(H,13,15). The molecule has 80 valence electrons. The molecule has 0 spiro atoms. The van der Waals surface area contributed by atoms with E-state index >= 15 is 0 Å². The molecule has 0 radical (unpaired) electrons. The van der Waals surface area contributed by atoms with Crippen molar-refractivity contribution in [2.45, 2.75) is 13.6 Å². The third-order valence-corrected chi connectivity index (χ3v) is 4.63. The first-order chi connectivity index (χ1) is 6.99. The van der Waals surface area contributed by atoms with Crippen LogP contribution in [0.3, 0.4) is 0 Å². The Kier molecular flexibility index (Phi) is 4.37. The van der Waals surface area contributed by atoms with Crippen LogP contribution >= 0.6 is 47.8 Å². The number of carbonyl (C=O) groups excluding carboxylic acids is 1. The topological polar surface area (TPSA) is 57.8 Å². The van der Waals surface area contributed by atoms with E-state index in [9.17, 15) is 4.79 Å². The molecule has 0 saturated heterocycles. The number of nitrogens with zero attached hydrogens (tertiary/aromatic N) is 2. The molecule has 1 N–H and O–H groups in total. The Morgan fingerprint density at radius 3 is 2.47 bits per heavy atom. The van der Waals surface area contributed by atoms with Crippen LogP contribution in [-0.4, -0.2) is 10.5 Å². The summed E-state index contributed by atoms with van der Waals surface area (Å²) in [6.07, 6.45) is 0. The second kappa shape index (κ2) is 5.14. The number of halogens is 3. The number of aromatic nitrogens is 1. The van der Waals surface area contributed by atoms with Gasteiger partial charge in [-0.25, -0.2) is 0 Å². The number of hydrogen-bond acceptors (Lipinski definition) is 2. The summed E-state index contributed by atoms with van der Waals surface area (Å²) in [5.41, 5.74) is 0.493. The van der Waals surface area contributed by atoms with Crippen LogP contribution < -0.4 is 5.32 Å². The minimum Gasteiger partial charge on any atom is -0.338 e. The van der Waals surface area contributed by atoms with Crippen LogP contribution in [0.1, 0.15) is 12.5 Å². The first-order valence-electron chi connectivity index (χ1n) is 3.86. The average molecular weight is 400 g/mol. The Morgan fingerprint density at radius 2 is 2.07 bits per heavy atom. The first kappa shape index (κ1) is 12.7. The zero-order valence-electron chi connectivity index (χ0n) is 7.64. The fourth-order valence-corrected chi connectivity index (χ4v) is 3.04. The number of rotatable bonds is 2. The monoisotopic (exact) mass is 397 g/mol. The van der Waals surface area contributed by atoms with Gasteiger partial charge in [-0.05, 0) is 47.8 Å². The number of nitriles is 1. The molecule has 0 aromatic carbocycles. The highest BCUT2D eigenvalue weighted by molar-refractivity contribution is 9.13. The fourth-order valence-electron chi connectivity index (χ4n) is 0.958. The third-order valence-electron chi connectivity index (χ3n) is 1.68. The molecule has 1 aromatic heterocycles. The minimum atomic E-state index is -0.128. The van der Waals surface area contributed by atoms with Gasteiger partial charge in [0.1, 0.15) is 15.3 Å². The fraction of sp³-hybridized carbons (Fsp3) is 0.250. The van der Waals surface area contributed by atoms with Crippen molar-refractivity contribution in [3.8, 4) is 6.07 Å². The van der Waals surface area contributed by atoms with Gasteiger partial charge in [-0.2, -0.15) is 5.26 Å². The quantitative estimate of drug-likeness (QED) is 0.831. The van der Waals surface area contributed by atoms with Crippen molar-refractivity contribution in [2.75, 3.05) is 0 Å². The predicted octanol–water partition coefficient (Wildman–Crippen LogP) is 2.74. The second-order valence-corrected chi connectivity index (χ2v) is 5.00. The van der Waals surface area contributed by atoms with Crippen LogP contribution in [-0.2, 0) is 11.5 Å². The number of amides is 1. The molecule has 0 bridgehead atoms.